The highest BCUT2D eigenvalue weighted by Gasteiger charge is 2.27. The van der Waals surface area contributed by atoms with E-state index in [1.54, 1.807) is 4.90 Å². The fourth-order valence-corrected chi connectivity index (χ4v) is 2.82. The molecule has 0 N–H and O–H groups in total. The highest BCUT2D eigenvalue weighted by molar-refractivity contribution is 6.30. The molecule has 1 aromatic carbocycles. The maximum atomic E-state index is 12.8. The molecule has 0 aliphatic rings. The van der Waals surface area contributed by atoms with Gasteiger partial charge in [0.25, 0.3) is 0 Å². The molecular formula is C17H21ClN2O2. The molecule has 2 rings (SSSR count). The number of amides is 1. The zero-order chi connectivity index (χ0) is 16.4. The Morgan fingerprint density at radius 1 is 1.23 bits per heavy atom. The third kappa shape index (κ3) is 3.17. The van der Waals surface area contributed by atoms with Crippen molar-refractivity contribution in [2.24, 2.45) is 0 Å². The number of likely N-dealkylation sites (N-methyl/N-ethyl adjacent to an activating group) is 1. The number of carbonyl (C=O) groups is 1. The van der Waals surface area contributed by atoms with Gasteiger partial charge in [-0.1, -0.05) is 28.9 Å². The number of rotatable bonds is 4. The third-order valence-electron chi connectivity index (χ3n) is 4.17. The topological polar surface area (TPSA) is 46.3 Å². The Morgan fingerprint density at radius 3 is 2.32 bits per heavy atom. The van der Waals surface area contributed by atoms with Gasteiger partial charge >= 0.3 is 0 Å². The quantitative estimate of drug-likeness (QED) is 0.845. The van der Waals surface area contributed by atoms with Crippen LogP contribution in [-0.2, 0) is 4.79 Å². The predicted molar refractivity (Wildman–Crippen MR) is 87.0 cm³/mol. The Hall–Kier alpha value is -1.81. The second-order valence-corrected chi connectivity index (χ2v) is 6.07. The molecule has 0 aliphatic carbocycles. The van der Waals surface area contributed by atoms with Crippen molar-refractivity contribution in [3.8, 4) is 0 Å². The predicted octanol–water partition coefficient (Wildman–Crippen LogP) is 4.27. The van der Waals surface area contributed by atoms with Crippen molar-refractivity contribution in [2.75, 3.05) is 7.05 Å². The third-order valence-corrected chi connectivity index (χ3v) is 4.42. The average Bonchev–Trinajstić information content (AvgIpc) is 2.84. The fraction of sp³-hybridized carbons (Fsp3) is 0.412. The van der Waals surface area contributed by atoms with Crippen molar-refractivity contribution in [1.82, 2.24) is 10.1 Å². The van der Waals surface area contributed by atoms with Gasteiger partial charge in [-0.25, -0.2) is 0 Å². The number of nitrogens with zero attached hydrogens (tertiary/aromatic N) is 2. The van der Waals surface area contributed by atoms with Gasteiger partial charge in [-0.05, 0) is 45.4 Å². The molecule has 1 heterocycles. The number of hydrogen-bond acceptors (Lipinski definition) is 3. The Morgan fingerprint density at radius 2 is 1.82 bits per heavy atom. The fourth-order valence-electron chi connectivity index (χ4n) is 2.69. The summed E-state index contributed by atoms with van der Waals surface area (Å²) in [5.41, 5.74) is 2.69. The van der Waals surface area contributed by atoms with Crippen molar-refractivity contribution in [1.29, 1.82) is 0 Å². The monoisotopic (exact) mass is 320 g/mol. The number of halogens is 1. The van der Waals surface area contributed by atoms with Crippen LogP contribution in [0.3, 0.4) is 0 Å². The van der Waals surface area contributed by atoms with E-state index in [0.29, 0.717) is 10.8 Å². The summed E-state index contributed by atoms with van der Waals surface area (Å²) in [6.07, 6.45) is 0. The average molecular weight is 321 g/mol. The maximum absolute atomic E-state index is 12.8. The molecule has 0 aliphatic heterocycles. The van der Waals surface area contributed by atoms with Crippen LogP contribution < -0.4 is 0 Å². The summed E-state index contributed by atoms with van der Waals surface area (Å²) in [6.45, 7) is 7.58. The van der Waals surface area contributed by atoms with Crippen LogP contribution in [-0.4, -0.2) is 23.0 Å². The summed E-state index contributed by atoms with van der Waals surface area (Å²) in [6, 6.07) is 7.52. The first-order valence-corrected chi connectivity index (χ1v) is 7.65. The molecule has 0 unspecified atom stereocenters. The molecule has 0 saturated heterocycles. The molecule has 0 saturated carbocycles. The molecular weight excluding hydrogens is 300 g/mol. The lowest BCUT2D eigenvalue weighted by Crippen LogP contribution is -2.33. The van der Waals surface area contributed by atoms with Crippen molar-refractivity contribution in [2.45, 2.75) is 39.7 Å². The smallest absolute Gasteiger partial charge is 0.230 e. The molecule has 22 heavy (non-hydrogen) atoms. The lowest BCUT2D eigenvalue weighted by molar-refractivity contribution is -0.133. The van der Waals surface area contributed by atoms with Gasteiger partial charge in [0.1, 0.15) is 5.76 Å². The van der Waals surface area contributed by atoms with Gasteiger partial charge in [-0.15, -0.1) is 0 Å². The van der Waals surface area contributed by atoms with Crippen LogP contribution in [0.1, 0.15) is 48.4 Å². The standard InChI is InChI=1S/C17H21ClN2O2/c1-10(16-11(2)19-22-13(16)4)17(21)20(5)12(3)14-6-8-15(18)9-7-14/h6-10,12H,1-5H3/t10-,12-/m0/s1. The van der Waals surface area contributed by atoms with E-state index in [-0.39, 0.29) is 17.9 Å². The lowest BCUT2D eigenvalue weighted by atomic mass is 9.97. The van der Waals surface area contributed by atoms with E-state index < -0.39 is 0 Å². The molecule has 2 aromatic rings. The van der Waals surface area contributed by atoms with Crippen LogP contribution in [0.4, 0.5) is 0 Å². The van der Waals surface area contributed by atoms with Crippen LogP contribution in [0.5, 0.6) is 0 Å². The summed E-state index contributed by atoms with van der Waals surface area (Å²) in [5.74, 6) is 0.453. The first-order valence-electron chi connectivity index (χ1n) is 7.27. The summed E-state index contributed by atoms with van der Waals surface area (Å²) in [7, 11) is 1.82. The minimum atomic E-state index is -0.286. The van der Waals surface area contributed by atoms with Crippen LogP contribution in [0.15, 0.2) is 28.8 Å². The van der Waals surface area contributed by atoms with Gasteiger partial charge in [0, 0.05) is 17.6 Å². The number of hydrogen-bond donors (Lipinski definition) is 0. The zero-order valence-electron chi connectivity index (χ0n) is 13.6. The number of benzene rings is 1. The van der Waals surface area contributed by atoms with E-state index in [1.807, 2.05) is 59.0 Å². The summed E-state index contributed by atoms with van der Waals surface area (Å²) >= 11 is 5.91. The summed E-state index contributed by atoms with van der Waals surface area (Å²) in [5, 5.41) is 4.62. The van der Waals surface area contributed by atoms with E-state index in [1.165, 1.54) is 0 Å². The van der Waals surface area contributed by atoms with Crippen molar-refractivity contribution >= 4 is 17.5 Å². The maximum Gasteiger partial charge on any atom is 0.230 e. The molecule has 5 heteroatoms. The van der Waals surface area contributed by atoms with Crippen molar-refractivity contribution in [3.05, 3.63) is 51.9 Å². The largest absolute Gasteiger partial charge is 0.361 e. The van der Waals surface area contributed by atoms with Crippen LogP contribution in [0, 0.1) is 13.8 Å². The Kier molecular flexibility index (Phi) is 4.91. The molecule has 0 fully saturated rings. The van der Waals surface area contributed by atoms with E-state index >= 15 is 0 Å². The lowest BCUT2D eigenvalue weighted by Gasteiger charge is -2.28. The Balaban J connectivity index is 2.19. The first-order chi connectivity index (χ1) is 10.3. The van der Waals surface area contributed by atoms with E-state index in [9.17, 15) is 4.79 Å². The molecule has 118 valence electrons. The van der Waals surface area contributed by atoms with Crippen LogP contribution in [0.2, 0.25) is 5.02 Å². The summed E-state index contributed by atoms with van der Waals surface area (Å²) < 4.78 is 5.17. The minimum Gasteiger partial charge on any atom is -0.361 e. The normalized spacial score (nSPS) is 13.7. The van der Waals surface area contributed by atoms with Crippen LogP contribution in [0.25, 0.3) is 0 Å². The summed E-state index contributed by atoms with van der Waals surface area (Å²) in [4.78, 5) is 14.5. The number of aromatic nitrogens is 1. The molecule has 1 amide bonds. The van der Waals surface area contributed by atoms with E-state index in [0.717, 1.165) is 16.8 Å². The van der Waals surface area contributed by atoms with Crippen molar-refractivity contribution in [3.63, 3.8) is 0 Å². The second kappa shape index (κ2) is 6.53. The van der Waals surface area contributed by atoms with Gasteiger partial charge in [-0.2, -0.15) is 0 Å². The van der Waals surface area contributed by atoms with E-state index in [2.05, 4.69) is 5.16 Å². The molecule has 0 radical (unpaired) electrons. The highest BCUT2D eigenvalue weighted by atomic mass is 35.5. The Labute approximate surface area is 136 Å². The molecule has 1 aromatic heterocycles. The van der Waals surface area contributed by atoms with Gasteiger partial charge in [0.05, 0.1) is 17.7 Å². The number of aryl methyl sites for hydroxylation is 2. The molecule has 0 bridgehead atoms. The Bertz CT molecular complexity index is 644. The van der Waals surface area contributed by atoms with Gasteiger partial charge in [0.2, 0.25) is 5.91 Å². The second-order valence-electron chi connectivity index (χ2n) is 5.64. The van der Waals surface area contributed by atoms with Crippen LogP contribution >= 0.6 is 11.6 Å². The molecule has 0 spiro atoms. The molecule has 4 nitrogen and oxygen atoms in total. The number of carbonyl (C=O) groups excluding carboxylic acids is 1. The molecule has 2 atom stereocenters. The van der Waals surface area contributed by atoms with Gasteiger partial charge < -0.3 is 9.42 Å². The SMILES string of the molecule is Cc1noc(C)c1[C@H](C)C(=O)N(C)[C@@H](C)c1ccc(Cl)cc1. The van der Waals surface area contributed by atoms with Gasteiger partial charge in [-0.3, -0.25) is 4.79 Å². The van der Waals surface area contributed by atoms with Gasteiger partial charge in [0.15, 0.2) is 0 Å². The highest BCUT2D eigenvalue weighted by Crippen LogP contribution is 2.28. The zero-order valence-corrected chi connectivity index (χ0v) is 14.3. The van der Waals surface area contributed by atoms with E-state index in [4.69, 9.17) is 16.1 Å². The minimum absolute atomic E-state index is 0.0345. The van der Waals surface area contributed by atoms with Crippen molar-refractivity contribution < 1.29 is 9.32 Å². The first kappa shape index (κ1) is 16.6.